The third-order valence-corrected chi connectivity index (χ3v) is 3.24. The van der Waals surface area contributed by atoms with Crippen molar-refractivity contribution in [3.05, 3.63) is 29.3 Å². The number of hydrogen-bond acceptors (Lipinski definition) is 3. The van der Waals surface area contributed by atoms with Crippen LogP contribution in [0.1, 0.15) is 29.3 Å². The molecule has 0 aromatic heterocycles. The quantitative estimate of drug-likeness (QED) is 0.867. The van der Waals surface area contributed by atoms with Gasteiger partial charge in [-0.15, -0.1) is 0 Å². The fourth-order valence-electron chi connectivity index (χ4n) is 2.27. The highest BCUT2D eigenvalue weighted by molar-refractivity contribution is 6.04. The number of hydrogen-bond donors (Lipinski definition) is 2. The number of ketones is 1. The van der Waals surface area contributed by atoms with Gasteiger partial charge < -0.3 is 15.4 Å². The van der Waals surface area contributed by atoms with Crippen LogP contribution in [0.4, 0.5) is 4.79 Å². The lowest BCUT2D eigenvalue weighted by Crippen LogP contribution is -2.47. The second-order valence-corrected chi connectivity index (χ2v) is 4.48. The normalized spacial score (nSPS) is 17.6. The number of methoxy groups -OCH3 is 1. The number of amides is 2. The maximum absolute atomic E-state index is 12.3. The summed E-state index contributed by atoms with van der Waals surface area (Å²) in [4.78, 5) is 23.7. The smallest absolute Gasteiger partial charge is 0.315 e. The monoisotopic (exact) mass is 262 g/mol. The van der Waals surface area contributed by atoms with E-state index in [2.05, 4.69) is 10.6 Å². The summed E-state index contributed by atoms with van der Waals surface area (Å²) < 4.78 is 5.15. The van der Waals surface area contributed by atoms with Crippen LogP contribution in [0, 0.1) is 0 Å². The van der Waals surface area contributed by atoms with Gasteiger partial charge in [0, 0.05) is 12.1 Å². The maximum Gasteiger partial charge on any atom is 0.315 e. The molecule has 5 heteroatoms. The fraction of sp³-hybridized carbons (Fsp3) is 0.429. The summed E-state index contributed by atoms with van der Waals surface area (Å²) in [6.45, 7) is 2.38. The molecule has 0 heterocycles. The highest BCUT2D eigenvalue weighted by Crippen LogP contribution is 2.25. The van der Waals surface area contributed by atoms with Gasteiger partial charge >= 0.3 is 6.03 Å². The van der Waals surface area contributed by atoms with E-state index in [1.54, 1.807) is 19.2 Å². The third kappa shape index (κ3) is 2.86. The Morgan fingerprint density at radius 3 is 2.95 bits per heavy atom. The molecule has 1 aromatic carbocycles. The lowest BCUT2D eigenvalue weighted by molar-refractivity contribution is 0.0931. The lowest BCUT2D eigenvalue weighted by atomic mass is 9.87. The first-order valence-corrected chi connectivity index (χ1v) is 6.41. The minimum absolute atomic E-state index is 0.0323. The average molecular weight is 262 g/mol. The zero-order valence-corrected chi connectivity index (χ0v) is 11.2. The van der Waals surface area contributed by atoms with E-state index in [1.807, 2.05) is 13.0 Å². The Bertz CT molecular complexity index is 499. The number of carbonyl (C=O) groups excluding carboxylic acids is 2. The Morgan fingerprint density at radius 2 is 2.26 bits per heavy atom. The largest absolute Gasteiger partial charge is 0.497 e. The lowest BCUT2D eigenvalue weighted by Gasteiger charge is -2.24. The first kappa shape index (κ1) is 13.4. The van der Waals surface area contributed by atoms with E-state index >= 15 is 0 Å². The predicted molar refractivity (Wildman–Crippen MR) is 71.6 cm³/mol. The number of aryl methyl sites for hydroxylation is 1. The van der Waals surface area contributed by atoms with Crippen LogP contribution in [-0.4, -0.2) is 31.5 Å². The van der Waals surface area contributed by atoms with E-state index in [0.29, 0.717) is 18.5 Å². The van der Waals surface area contributed by atoms with Crippen molar-refractivity contribution < 1.29 is 14.3 Å². The topological polar surface area (TPSA) is 67.4 Å². The first-order chi connectivity index (χ1) is 9.15. The summed E-state index contributed by atoms with van der Waals surface area (Å²) in [6, 6.07) is 4.69. The SMILES string of the molecule is CCNC(=O)NC1CCc2cc(OC)ccc2C1=O. The molecular weight excluding hydrogens is 244 g/mol. The van der Waals surface area contributed by atoms with Gasteiger partial charge in [-0.1, -0.05) is 0 Å². The number of urea groups is 1. The van der Waals surface area contributed by atoms with Gasteiger partial charge in [0.2, 0.25) is 0 Å². The highest BCUT2D eigenvalue weighted by Gasteiger charge is 2.28. The van der Waals surface area contributed by atoms with Gasteiger partial charge in [0.1, 0.15) is 5.75 Å². The summed E-state index contributed by atoms with van der Waals surface area (Å²) in [5.41, 5.74) is 1.66. The number of fused-ring (bicyclic) bond motifs is 1. The van der Waals surface area contributed by atoms with Gasteiger partial charge in [-0.2, -0.15) is 0 Å². The molecule has 5 nitrogen and oxygen atoms in total. The van der Waals surface area contributed by atoms with Gasteiger partial charge in [-0.25, -0.2) is 4.79 Å². The van der Waals surface area contributed by atoms with E-state index in [-0.39, 0.29) is 11.8 Å². The Morgan fingerprint density at radius 1 is 1.47 bits per heavy atom. The summed E-state index contributed by atoms with van der Waals surface area (Å²) in [7, 11) is 1.60. The first-order valence-electron chi connectivity index (χ1n) is 6.41. The summed E-state index contributed by atoms with van der Waals surface area (Å²) >= 11 is 0. The van der Waals surface area contributed by atoms with Gasteiger partial charge in [-0.05, 0) is 43.5 Å². The van der Waals surface area contributed by atoms with Crippen LogP contribution in [0.15, 0.2) is 18.2 Å². The standard InChI is InChI=1S/C14H18N2O3/c1-3-15-14(18)16-12-7-4-9-8-10(19-2)5-6-11(9)13(12)17/h5-6,8,12H,3-4,7H2,1-2H3,(H2,15,16,18). The summed E-state index contributed by atoms with van der Waals surface area (Å²) in [6.07, 6.45) is 1.38. The van der Waals surface area contributed by atoms with Crippen molar-refractivity contribution in [2.24, 2.45) is 0 Å². The summed E-state index contributed by atoms with van der Waals surface area (Å²) in [5, 5.41) is 5.34. The van der Waals surface area contributed by atoms with Crippen LogP contribution in [0.5, 0.6) is 5.75 Å². The number of ether oxygens (including phenoxy) is 1. The van der Waals surface area contributed by atoms with Crippen molar-refractivity contribution >= 4 is 11.8 Å². The Hall–Kier alpha value is -2.04. The van der Waals surface area contributed by atoms with Crippen LogP contribution in [-0.2, 0) is 6.42 Å². The molecule has 19 heavy (non-hydrogen) atoms. The molecule has 0 saturated heterocycles. The Labute approximate surface area is 112 Å². The Balaban J connectivity index is 2.13. The van der Waals surface area contributed by atoms with E-state index in [4.69, 9.17) is 4.74 Å². The molecule has 0 bridgehead atoms. The third-order valence-electron chi connectivity index (χ3n) is 3.24. The predicted octanol–water partition coefficient (Wildman–Crippen LogP) is 1.51. The van der Waals surface area contributed by atoms with Crippen molar-refractivity contribution in [3.63, 3.8) is 0 Å². The summed E-state index contributed by atoms with van der Waals surface area (Å²) in [5.74, 6) is 0.719. The molecule has 102 valence electrons. The second-order valence-electron chi connectivity index (χ2n) is 4.48. The van der Waals surface area contributed by atoms with Gasteiger partial charge in [0.25, 0.3) is 0 Å². The number of carbonyl (C=O) groups is 2. The molecule has 2 rings (SSSR count). The van der Waals surface area contributed by atoms with Crippen molar-refractivity contribution in [1.29, 1.82) is 0 Å². The van der Waals surface area contributed by atoms with E-state index in [0.717, 1.165) is 17.7 Å². The molecule has 1 aliphatic rings. The minimum atomic E-state index is -0.438. The van der Waals surface area contributed by atoms with Crippen LogP contribution in [0.3, 0.4) is 0 Å². The molecule has 1 unspecified atom stereocenters. The maximum atomic E-state index is 12.3. The molecule has 1 atom stereocenters. The van der Waals surface area contributed by atoms with E-state index in [1.165, 1.54) is 0 Å². The van der Waals surface area contributed by atoms with Crippen LogP contribution >= 0.6 is 0 Å². The molecule has 2 N–H and O–H groups in total. The zero-order chi connectivity index (χ0) is 13.8. The van der Waals surface area contributed by atoms with Gasteiger partial charge in [-0.3, -0.25) is 4.79 Å². The molecule has 0 spiro atoms. The van der Waals surface area contributed by atoms with Crippen LogP contribution < -0.4 is 15.4 Å². The van der Waals surface area contributed by atoms with Crippen LogP contribution in [0.2, 0.25) is 0 Å². The molecule has 0 fully saturated rings. The van der Waals surface area contributed by atoms with E-state index < -0.39 is 6.04 Å². The molecule has 0 saturated carbocycles. The van der Waals surface area contributed by atoms with Gasteiger partial charge in [0.15, 0.2) is 5.78 Å². The fourth-order valence-corrected chi connectivity index (χ4v) is 2.27. The number of rotatable bonds is 3. The van der Waals surface area contributed by atoms with Gasteiger partial charge in [0.05, 0.1) is 13.2 Å². The minimum Gasteiger partial charge on any atom is -0.497 e. The second kappa shape index (κ2) is 5.73. The zero-order valence-electron chi connectivity index (χ0n) is 11.2. The molecule has 1 aliphatic carbocycles. The highest BCUT2D eigenvalue weighted by atomic mass is 16.5. The number of benzene rings is 1. The average Bonchev–Trinajstić information content (AvgIpc) is 2.42. The molecule has 2 amide bonds. The van der Waals surface area contributed by atoms with Crippen molar-refractivity contribution in [2.45, 2.75) is 25.8 Å². The number of nitrogens with one attached hydrogen (secondary N) is 2. The van der Waals surface area contributed by atoms with Crippen LogP contribution in [0.25, 0.3) is 0 Å². The van der Waals surface area contributed by atoms with Crippen molar-refractivity contribution in [2.75, 3.05) is 13.7 Å². The Kier molecular flexibility index (Phi) is 4.04. The van der Waals surface area contributed by atoms with E-state index in [9.17, 15) is 9.59 Å². The molecular formula is C14H18N2O3. The van der Waals surface area contributed by atoms with Crippen molar-refractivity contribution in [1.82, 2.24) is 10.6 Å². The number of Topliss-reactive ketones (excluding diaryl/α,β-unsaturated/α-hetero) is 1. The molecule has 0 aliphatic heterocycles. The van der Waals surface area contributed by atoms with Crippen molar-refractivity contribution in [3.8, 4) is 5.75 Å². The molecule has 0 radical (unpaired) electrons. The molecule has 1 aromatic rings.